The summed E-state index contributed by atoms with van der Waals surface area (Å²) in [6, 6.07) is 14.4. The zero-order valence-electron chi connectivity index (χ0n) is 16.9. The Hall–Kier alpha value is -1.91. The van der Waals surface area contributed by atoms with Gasteiger partial charge in [-0.2, -0.15) is 0 Å². The summed E-state index contributed by atoms with van der Waals surface area (Å²) < 4.78 is 0. The van der Waals surface area contributed by atoms with Crippen LogP contribution in [0.15, 0.2) is 42.6 Å². The molecular weight excluding hydrogens is 344 g/mol. The van der Waals surface area contributed by atoms with E-state index in [2.05, 4.69) is 51.1 Å². The number of anilines is 1. The van der Waals surface area contributed by atoms with Crippen LogP contribution in [-0.4, -0.2) is 60.1 Å². The Morgan fingerprint density at radius 1 is 0.750 bits per heavy atom. The SMILES string of the molecule is c1cc(-c2ccc(N3CCN(C4CC4)CC3)nc2)ccc1CN1CCCCC1. The maximum Gasteiger partial charge on any atom is 0.128 e. The summed E-state index contributed by atoms with van der Waals surface area (Å²) in [5, 5.41) is 0. The smallest absolute Gasteiger partial charge is 0.128 e. The van der Waals surface area contributed by atoms with Gasteiger partial charge in [-0.15, -0.1) is 0 Å². The zero-order valence-corrected chi connectivity index (χ0v) is 16.9. The Balaban J connectivity index is 1.19. The second-order valence-corrected chi connectivity index (χ2v) is 8.69. The van der Waals surface area contributed by atoms with Gasteiger partial charge in [0.05, 0.1) is 0 Å². The molecule has 3 heterocycles. The average Bonchev–Trinajstić information content (AvgIpc) is 3.61. The quantitative estimate of drug-likeness (QED) is 0.786. The predicted molar refractivity (Wildman–Crippen MR) is 116 cm³/mol. The van der Waals surface area contributed by atoms with Crippen molar-refractivity contribution in [2.45, 2.75) is 44.7 Å². The fourth-order valence-electron chi connectivity index (χ4n) is 4.68. The third-order valence-corrected chi connectivity index (χ3v) is 6.59. The molecule has 0 spiro atoms. The molecule has 1 aliphatic carbocycles. The Morgan fingerprint density at radius 3 is 2.11 bits per heavy atom. The summed E-state index contributed by atoms with van der Waals surface area (Å²) in [6.07, 6.45) is 8.96. The summed E-state index contributed by atoms with van der Waals surface area (Å²) in [4.78, 5) is 12.4. The first-order valence-corrected chi connectivity index (χ1v) is 11.1. The minimum atomic E-state index is 0.885. The number of likely N-dealkylation sites (tertiary alicyclic amines) is 1. The van der Waals surface area contributed by atoms with Crippen molar-refractivity contribution in [1.82, 2.24) is 14.8 Å². The molecule has 4 nitrogen and oxygen atoms in total. The monoisotopic (exact) mass is 376 g/mol. The van der Waals surface area contributed by atoms with Gasteiger partial charge in [-0.3, -0.25) is 9.80 Å². The summed E-state index contributed by atoms with van der Waals surface area (Å²) in [5.74, 6) is 1.13. The van der Waals surface area contributed by atoms with Crippen molar-refractivity contribution in [2.75, 3.05) is 44.2 Å². The summed E-state index contributed by atoms with van der Waals surface area (Å²) in [5.41, 5.74) is 3.90. The number of pyridine rings is 1. The number of piperidine rings is 1. The maximum atomic E-state index is 4.78. The summed E-state index contributed by atoms with van der Waals surface area (Å²) in [6.45, 7) is 8.18. The molecule has 1 aromatic heterocycles. The first-order valence-electron chi connectivity index (χ1n) is 11.1. The van der Waals surface area contributed by atoms with Crippen LogP contribution in [0.1, 0.15) is 37.7 Å². The first kappa shape index (κ1) is 18.1. The number of nitrogens with zero attached hydrogens (tertiary/aromatic N) is 4. The van der Waals surface area contributed by atoms with E-state index in [0.29, 0.717) is 0 Å². The molecule has 0 radical (unpaired) electrons. The van der Waals surface area contributed by atoms with Crippen LogP contribution in [0.25, 0.3) is 11.1 Å². The van der Waals surface area contributed by atoms with E-state index < -0.39 is 0 Å². The molecule has 148 valence electrons. The molecule has 0 amide bonds. The van der Waals surface area contributed by atoms with Gasteiger partial charge in [0.2, 0.25) is 0 Å². The van der Waals surface area contributed by atoms with E-state index in [4.69, 9.17) is 4.98 Å². The van der Waals surface area contributed by atoms with E-state index in [0.717, 1.165) is 31.5 Å². The molecule has 1 saturated carbocycles. The normalized spacial score (nSPS) is 21.8. The third kappa shape index (κ3) is 4.23. The van der Waals surface area contributed by atoms with Crippen molar-refractivity contribution in [3.05, 3.63) is 48.2 Å². The highest BCUT2D eigenvalue weighted by molar-refractivity contribution is 5.64. The molecule has 3 fully saturated rings. The van der Waals surface area contributed by atoms with Crippen molar-refractivity contribution in [3.8, 4) is 11.1 Å². The average molecular weight is 377 g/mol. The number of rotatable bonds is 5. The number of aromatic nitrogens is 1. The minimum Gasteiger partial charge on any atom is -0.354 e. The van der Waals surface area contributed by atoms with Crippen molar-refractivity contribution in [1.29, 1.82) is 0 Å². The number of hydrogen-bond acceptors (Lipinski definition) is 4. The predicted octanol–water partition coefficient (Wildman–Crippen LogP) is 4.02. The van der Waals surface area contributed by atoms with Crippen LogP contribution < -0.4 is 4.90 Å². The summed E-state index contributed by atoms with van der Waals surface area (Å²) >= 11 is 0. The van der Waals surface area contributed by atoms with Crippen molar-refractivity contribution in [2.24, 2.45) is 0 Å². The van der Waals surface area contributed by atoms with Gasteiger partial charge in [-0.05, 0) is 62.0 Å². The molecule has 4 heteroatoms. The molecule has 0 N–H and O–H groups in total. The largest absolute Gasteiger partial charge is 0.354 e. The molecule has 2 saturated heterocycles. The Labute approximate surface area is 169 Å². The van der Waals surface area contributed by atoms with Crippen LogP contribution in [-0.2, 0) is 6.54 Å². The molecule has 5 rings (SSSR count). The van der Waals surface area contributed by atoms with Crippen molar-refractivity contribution < 1.29 is 0 Å². The molecule has 0 atom stereocenters. The highest BCUT2D eigenvalue weighted by Gasteiger charge is 2.31. The lowest BCUT2D eigenvalue weighted by Gasteiger charge is -2.35. The van der Waals surface area contributed by atoms with E-state index in [9.17, 15) is 0 Å². The topological polar surface area (TPSA) is 22.6 Å². The molecule has 0 bridgehead atoms. The zero-order chi connectivity index (χ0) is 18.8. The van der Waals surface area contributed by atoms with Gasteiger partial charge in [0.15, 0.2) is 0 Å². The molecule has 2 aliphatic heterocycles. The Kier molecular flexibility index (Phi) is 5.32. The number of benzene rings is 1. The van der Waals surface area contributed by atoms with Gasteiger partial charge >= 0.3 is 0 Å². The highest BCUT2D eigenvalue weighted by atomic mass is 15.3. The van der Waals surface area contributed by atoms with Gasteiger partial charge in [-0.25, -0.2) is 4.98 Å². The van der Waals surface area contributed by atoms with Gasteiger partial charge in [0, 0.05) is 50.5 Å². The lowest BCUT2D eigenvalue weighted by atomic mass is 10.0. The van der Waals surface area contributed by atoms with E-state index in [1.165, 1.54) is 75.0 Å². The second kappa shape index (κ2) is 8.22. The van der Waals surface area contributed by atoms with Gasteiger partial charge in [-0.1, -0.05) is 30.7 Å². The van der Waals surface area contributed by atoms with Crippen LogP contribution in [0.2, 0.25) is 0 Å². The fraction of sp³-hybridized carbons (Fsp3) is 0.542. The van der Waals surface area contributed by atoms with E-state index >= 15 is 0 Å². The van der Waals surface area contributed by atoms with E-state index in [1.807, 2.05) is 6.20 Å². The van der Waals surface area contributed by atoms with Gasteiger partial charge in [0.1, 0.15) is 5.82 Å². The van der Waals surface area contributed by atoms with Crippen LogP contribution in [0, 0.1) is 0 Å². The lowest BCUT2D eigenvalue weighted by molar-refractivity contribution is 0.221. The molecule has 3 aliphatic rings. The van der Waals surface area contributed by atoms with Crippen LogP contribution in [0.3, 0.4) is 0 Å². The van der Waals surface area contributed by atoms with Crippen LogP contribution >= 0.6 is 0 Å². The number of piperazine rings is 1. The molecule has 28 heavy (non-hydrogen) atoms. The van der Waals surface area contributed by atoms with Crippen molar-refractivity contribution in [3.63, 3.8) is 0 Å². The Morgan fingerprint density at radius 2 is 1.46 bits per heavy atom. The fourth-order valence-corrected chi connectivity index (χ4v) is 4.68. The number of hydrogen-bond donors (Lipinski definition) is 0. The first-order chi connectivity index (χ1) is 13.8. The highest BCUT2D eigenvalue weighted by Crippen LogP contribution is 2.28. The van der Waals surface area contributed by atoms with E-state index in [1.54, 1.807) is 0 Å². The second-order valence-electron chi connectivity index (χ2n) is 8.69. The minimum absolute atomic E-state index is 0.885. The molecular formula is C24H32N4. The van der Waals surface area contributed by atoms with Crippen LogP contribution in [0.5, 0.6) is 0 Å². The van der Waals surface area contributed by atoms with Crippen molar-refractivity contribution >= 4 is 5.82 Å². The molecule has 1 aromatic carbocycles. The standard InChI is InChI=1S/C24H32N4/c1-2-12-26(13-3-1)19-20-4-6-21(7-5-20)22-8-11-24(25-18-22)28-16-14-27(15-17-28)23-9-10-23/h4-8,11,18,23H,1-3,9-10,12-17,19H2. The van der Waals surface area contributed by atoms with E-state index in [-0.39, 0.29) is 0 Å². The lowest BCUT2D eigenvalue weighted by Crippen LogP contribution is -2.47. The molecule has 2 aromatic rings. The van der Waals surface area contributed by atoms with Crippen LogP contribution in [0.4, 0.5) is 5.82 Å². The Bertz CT molecular complexity index is 752. The summed E-state index contributed by atoms with van der Waals surface area (Å²) in [7, 11) is 0. The molecule has 0 unspecified atom stereocenters. The third-order valence-electron chi connectivity index (χ3n) is 6.59. The van der Waals surface area contributed by atoms with Gasteiger partial charge in [0.25, 0.3) is 0 Å². The maximum absolute atomic E-state index is 4.78. The van der Waals surface area contributed by atoms with Gasteiger partial charge < -0.3 is 4.90 Å².